The van der Waals surface area contributed by atoms with E-state index in [0.717, 1.165) is 5.56 Å². The van der Waals surface area contributed by atoms with E-state index in [0.29, 0.717) is 28.9 Å². The molecule has 0 saturated heterocycles. The van der Waals surface area contributed by atoms with Gasteiger partial charge in [0.1, 0.15) is 17.2 Å². The van der Waals surface area contributed by atoms with Crippen molar-refractivity contribution in [3.8, 4) is 17.2 Å². The van der Waals surface area contributed by atoms with Gasteiger partial charge in [0.25, 0.3) is 0 Å². The summed E-state index contributed by atoms with van der Waals surface area (Å²) in [6.45, 7) is 8.90. The van der Waals surface area contributed by atoms with E-state index in [1.54, 1.807) is 53.0 Å². The van der Waals surface area contributed by atoms with Gasteiger partial charge in [0, 0.05) is 11.6 Å². The molecule has 1 aliphatic carbocycles. The second-order valence-electron chi connectivity index (χ2n) is 8.85. The van der Waals surface area contributed by atoms with E-state index in [1.807, 2.05) is 25.1 Å². The molecule has 2 aromatic rings. The fourth-order valence-corrected chi connectivity index (χ4v) is 3.51. The van der Waals surface area contributed by atoms with Crippen molar-refractivity contribution in [1.82, 2.24) is 0 Å². The molecule has 3 rings (SSSR count). The third-order valence-corrected chi connectivity index (χ3v) is 5.56. The number of fused-ring (bicyclic) bond motifs is 1. The van der Waals surface area contributed by atoms with Crippen LogP contribution in [-0.2, 0) is 9.59 Å². The lowest BCUT2D eigenvalue weighted by Gasteiger charge is -2.19. The Balaban J connectivity index is 2.13. The van der Waals surface area contributed by atoms with Crippen molar-refractivity contribution in [2.24, 2.45) is 11.8 Å². The van der Waals surface area contributed by atoms with Crippen molar-refractivity contribution in [3.63, 3.8) is 0 Å². The lowest BCUT2D eigenvalue weighted by molar-refractivity contribution is -0.138. The van der Waals surface area contributed by atoms with E-state index in [-0.39, 0.29) is 29.1 Å². The number of hydrogen-bond acceptors (Lipinski definition) is 6. The third-order valence-electron chi connectivity index (χ3n) is 5.56. The number of esters is 2. The molecule has 0 saturated carbocycles. The molecule has 1 unspecified atom stereocenters. The first-order valence-corrected chi connectivity index (χ1v) is 11.1. The van der Waals surface area contributed by atoms with Crippen LogP contribution in [0.3, 0.4) is 0 Å². The zero-order valence-corrected chi connectivity index (χ0v) is 19.9. The minimum absolute atomic E-state index is 0.0612. The van der Waals surface area contributed by atoms with Crippen LogP contribution in [0.4, 0.5) is 0 Å². The van der Waals surface area contributed by atoms with Gasteiger partial charge < -0.3 is 14.2 Å². The quantitative estimate of drug-likeness (QED) is 0.422. The Kier molecular flexibility index (Phi) is 7.36. The van der Waals surface area contributed by atoms with Gasteiger partial charge in [0.15, 0.2) is 5.78 Å². The van der Waals surface area contributed by atoms with Crippen LogP contribution in [0.15, 0.2) is 42.5 Å². The molecule has 6 heteroatoms. The summed E-state index contributed by atoms with van der Waals surface area (Å²) in [4.78, 5) is 38.4. The molecule has 0 radical (unpaired) electrons. The molecule has 0 N–H and O–H groups in total. The highest BCUT2D eigenvalue weighted by Gasteiger charge is 2.30. The largest absolute Gasteiger partial charge is 0.497 e. The molecule has 0 fully saturated rings. The maximum absolute atomic E-state index is 13.8. The molecule has 1 aliphatic rings. The average Bonchev–Trinajstić information content (AvgIpc) is 2.90. The van der Waals surface area contributed by atoms with E-state index in [2.05, 4.69) is 0 Å². The number of rotatable bonds is 6. The van der Waals surface area contributed by atoms with Crippen molar-refractivity contribution in [2.45, 2.75) is 47.0 Å². The number of benzene rings is 2. The molecule has 33 heavy (non-hydrogen) atoms. The van der Waals surface area contributed by atoms with E-state index in [9.17, 15) is 14.4 Å². The van der Waals surface area contributed by atoms with Crippen molar-refractivity contribution in [1.29, 1.82) is 0 Å². The monoisotopic (exact) mass is 450 g/mol. The first-order chi connectivity index (χ1) is 15.6. The van der Waals surface area contributed by atoms with Gasteiger partial charge in [-0.15, -0.1) is 0 Å². The summed E-state index contributed by atoms with van der Waals surface area (Å²) in [6, 6.07) is 10.4. The minimum atomic E-state index is -0.468. The average molecular weight is 451 g/mol. The summed E-state index contributed by atoms with van der Waals surface area (Å²) in [6.07, 6.45) is 2.50. The van der Waals surface area contributed by atoms with Gasteiger partial charge >= 0.3 is 11.9 Å². The Labute approximate surface area is 194 Å². The van der Waals surface area contributed by atoms with Gasteiger partial charge in [-0.05, 0) is 41.7 Å². The Bertz CT molecular complexity index is 1090. The molecular formula is C27H30O6. The maximum Gasteiger partial charge on any atom is 0.313 e. The van der Waals surface area contributed by atoms with Crippen LogP contribution in [0.25, 0.3) is 5.57 Å². The van der Waals surface area contributed by atoms with E-state index < -0.39 is 17.9 Å². The number of ether oxygens (including phenoxy) is 3. The maximum atomic E-state index is 13.8. The first-order valence-electron chi connectivity index (χ1n) is 11.1. The second-order valence-corrected chi connectivity index (χ2v) is 8.85. The zero-order valence-electron chi connectivity index (χ0n) is 19.9. The van der Waals surface area contributed by atoms with Crippen LogP contribution < -0.4 is 14.2 Å². The number of Topliss-reactive ketones (excluding diaryl/α,β-unsaturated/α-hetero) is 1. The van der Waals surface area contributed by atoms with Crippen LogP contribution in [0.1, 0.15) is 68.4 Å². The van der Waals surface area contributed by atoms with E-state index in [1.165, 1.54) is 6.07 Å². The lowest BCUT2D eigenvalue weighted by atomic mass is 9.91. The summed E-state index contributed by atoms with van der Waals surface area (Å²) < 4.78 is 16.4. The predicted molar refractivity (Wildman–Crippen MR) is 126 cm³/mol. The van der Waals surface area contributed by atoms with Crippen molar-refractivity contribution in [2.75, 3.05) is 7.11 Å². The smallest absolute Gasteiger partial charge is 0.313 e. The number of allylic oxidation sites excluding steroid dienone is 2. The summed E-state index contributed by atoms with van der Waals surface area (Å²) in [5, 5.41) is 0. The van der Waals surface area contributed by atoms with Gasteiger partial charge in [-0.2, -0.15) is 0 Å². The highest BCUT2D eigenvalue weighted by atomic mass is 16.5. The SMILES string of the molecule is COc1ccc(C2=CCC(C)c3cc(OC(=O)C(C)C)cc(OC(=O)C(C)C)c3C2=O)cc1. The number of carbonyl (C=O) groups is 3. The number of carbonyl (C=O) groups excluding carboxylic acids is 3. The van der Waals surface area contributed by atoms with Crippen LogP contribution in [0.2, 0.25) is 0 Å². The van der Waals surface area contributed by atoms with Gasteiger partial charge in [0.2, 0.25) is 0 Å². The molecule has 0 aliphatic heterocycles. The van der Waals surface area contributed by atoms with Gasteiger partial charge in [-0.3, -0.25) is 14.4 Å². The molecular weight excluding hydrogens is 420 g/mol. The number of methoxy groups -OCH3 is 1. The van der Waals surface area contributed by atoms with Crippen LogP contribution in [0, 0.1) is 11.8 Å². The molecule has 0 amide bonds. The molecule has 0 aromatic heterocycles. The number of hydrogen-bond donors (Lipinski definition) is 0. The molecule has 6 nitrogen and oxygen atoms in total. The van der Waals surface area contributed by atoms with Gasteiger partial charge in [-0.25, -0.2) is 0 Å². The summed E-state index contributed by atoms with van der Waals surface area (Å²) >= 11 is 0. The summed E-state index contributed by atoms with van der Waals surface area (Å²) in [5.74, 6) is -0.836. The molecule has 1 atom stereocenters. The lowest BCUT2D eigenvalue weighted by Crippen LogP contribution is -2.19. The normalized spacial score (nSPS) is 15.6. The minimum Gasteiger partial charge on any atom is -0.497 e. The highest BCUT2D eigenvalue weighted by Crippen LogP contribution is 2.41. The highest BCUT2D eigenvalue weighted by molar-refractivity contribution is 6.30. The topological polar surface area (TPSA) is 78.9 Å². The standard InChI is InChI=1S/C27H30O6/c1-15(2)26(29)32-20-13-22-17(5)7-12-21(18-8-10-19(31-6)11-9-18)25(28)24(22)23(14-20)33-27(30)16(3)4/h8-17H,7H2,1-6H3. The third kappa shape index (κ3) is 5.33. The molecule has 174 valence electrons. The Morgan fingerprint density at radius 1 is 0.909 bits per heavy atom. The van der Waals surface area contributed by atoms with Crippen molar-refractivity contribution >= 4 is 23.3 Å². The first kappa shape index (κ1) is 24.2. The number of ketones is 1. The Morgan fingerprint density at radius 3 is 2.09 bits per heavy atom. The van der Waals surface area contributed by atoms with Crippen LogP contribution in [-0.4, -0.2) is 24.8 Å². The molecule has 2 aromatic carbocycles. The summed E-state index contributed by atoms with van der Waals surface area (Å²) in [5.41, 5.74) is 2.27. The van der Waals surface area contributed by atoms with E-state index >= 15 is 0 Å². The van der Waals surface area contributed by atoms with E-state index in [4.69, 9.17) is 14.2 Å². The van der Waals surface area contributed by atoms with Crippen LogP contribution >= 0.6 is 0 Å². The Hall–Kier alpha value is -3.41. The fourth-order valence-electron chi connectivity index (χ4n) is 3.51. The molecule has 0 spiro atoms. The Morgan fingerprint density at radius 2 is 1.52 bits per heavy atom. The summed E-state index contributed by atoms with van der Waals surface area (Å²) in [7, 11) is 1.59. The predicted octanol–water partition coefficient (Wildman–Crippen LogP) is 5.59. The van der Waals surface area contributed by atoms with Crippen molar-refractivity contribution in [3.05, 3.63) is 59.2 Å². The zero-order chi connectivity index (χ0) is 24.3. The fraction of sp³-hybridized carbons (Fsp3) is 0.370. The van der Waals surface area contributed by atoms with Gasteiger partial charge in [-0.1, -0.05) is 52.8 Å². The van der Waals surface area contributed by atoms with Gasteiger partial charge in [0.05, 0.1) is 24.5 Å². The second kappa shape index (κ2) is 10.0. The van der Waals surface area contributed by atoms with Crippen LogP contribution in [0.5, 0.6) is 17.2 Å². The molecule has 0 heterocycles. The molecule has 0 bridgehead atoms. The van der Waals surface area contributed by atoms with Crippen molar-refractivity contribution < 1.29 is 28.6 Å².